The van der Waals surface area contributed by atoms with Crippen LogP contribution < -0.4 is 9.47 Å². The topological polar surface area (TPSA) is 79.2 Å². The van der Waals surface area contributed by atoms with E-state index in [1.807, 2.05) is 0 Å². The van der Waals surface area contributed by atoms with Gasteiger partial charge in [-0.05, 0) is 61.4 Å². The van der Waals surface area contributed by atoms with Crippen LogP contribution in [-0.2, 0) is 4.79 Å². The Balaban J connectivity index is 1.98. The van der Waals surface area contributed by atoms with Crippen LogP contribution in [0.4, 0.5) is 0 Å². The number of carbonyl (C=O) groups excluding carboxylic acids is 1. The Morgan fingerprint density at radius 2 is 1.30 bits per heavy atom. The number of nitrogens with zero attached hydrogens (tertiary/aromatic N) is 1. The number of phenolic OH excluding ortho intramolecular Hbond substituents is 2. The second-order valence-electron chi connectivity index (χ2n) is 7.53. The van der Waals surface area contributed by atoms with Crippen molar-refractivity contribution in [3.05, 3.63) is 58.7 Å². The molecule has 0 aliphatic carbocycles. The number of hydrogen-bond donors (Lipinski definition) is 2. The molecule has 0 bridgehead atoms. The van der Waals surface area contributed by atoms with Gasteiger partial charge in [0, 0.05) is 30.3 Å². The van der Waals surface area contributed by atoms with Crippen LogP contribution in [0.15, 0.2) is 47.5 Å². The quantitative estimate of drug-likeness (QED) is 0.730. The van der Waals surface area contributed by atoms with Crippen LogP contribution in [0.25, 0.3) is 12.2 Å². The summed E-state index contributed by atoms with van der Waals surface area (Å²) in [6.45, 7) is 5.22. The first-order valence-corrected chi connectivity index (χ1v) is 9.76. The number of ether oxygens (including phenoxy) is 2. The lowest BCUT2D eigenvalue weighted by molar-refractivity contribution is -0.113. The summed E-state index contributed by atoms with van der Waals surface area (Å²) in [5.74, 6) is 0.782. The van der Waals surface area contributed by atoms with E-state index in [-0.39, 0.29) is 23.3 Å². The minimum absolute atomic E-state index is 0.0281. The van der Waals surface area contributed by atoms with Gasteiger partial charge in [0.15, 0.2) is 28.8 Å². The lowest BCUT2D eigenvalue weighted by atomic mass is 9.93. The number of aromatic hydroxyl groups is 2. The van der Waals surface area contributed by atoms with Gasteiger partial charge in [0.05, 0.1) is 14.2 Å². The summed E-state index contributed by atoms with van der Waals surface area (Å²) in [6.07, 6.45) is 3.60. The first-order valence-electron chi connectivity index (χ1n) is 9.76. The van der Waals surface area contributed by atoms with Gasteiger partial charge in [0.2, 0.25) is 0 Å². The zero-order valence-corrected chi connectivity index (χ0v) is 17.7. The normalized spacial score (nSPS) is 17.7. The molecule has 0 amide bonds. The fourth-order valence-electron chi connectivity index (χ4n) is 3.43. The average Bonchev–Trinajstić information content (AvgIpc) is 2.71. The predicted octanol–water partition coefficient (Wildman–Crippen LogP) is 3.88. The number of Topliss-reactive ketones (excluding diaryl/α,β-unsaturated/α-hetero) is 1. The number of rotatable bonds is 5. The molecule has 0 atom stereocenters. The van der Waals surface area contributed by atoms with E-state index < -0.39 is 0 Å². The molecule has 1 aliphatic rings. The van der Waals surface area contributed by atoms with Gasteiger partial charge in [-0.2, -0.15) is 0 Å². The summed E-state index contributed by atoms with van der Waals surface area (Å²) in [7, 11) is 2.98. The Labute approximate surface area is 176 Å². The number of methoxy groups -OCH3 is 2. The molecule has 2 N–H and O–H groups in total. The van der Waals surface area contributed by atoms with Gasteiger partial charge in [0.25, 0.3) is 0 Å². The fraction of sp³-hybridized carbons (Fsp3) is 0.292. The van der Waals surface area contributed by atoms with Crippen molar-refractivity contribution in [1.29, 1.82) is 0 Å². The van der Waals surface area contributed by atoms with Crippen LogP contribution in [0.2, 0.25) is 0 Å². The Morgan fingerprint density at radius 1 is 0.867 bits per heavy atom. The summed E-state index contributed by atoms with van der Waals surface area (Å²) in [4.78, 5) is 15.4. The van der Waals surface area contributed by atoms with E-state index in [9.17, 15) is 15.0 Å². The van der Waals surface area contributed by atoms with E-state index in [2.05, 4.69) is 18.7 Å². The van der Waals surface area contributed by atoms with Crippen molar-refractivity contribution < 1.29 is 24.5 Å². The number of likely N-dealkylation sites (tertiary alicyclic amines) is 1. The highest BCUT2D eigenvalue weighted by Gasteiger charge is 2.27. The standard InChI is InChI=1S/C24H27NO5/c1-15(2)25-13-18(9-16-5-7-22(29-3)20(26)11-16)24(28)19(14-25)10-17-6-8-23(30-4)21(27)12-17/h5-12,15,26-27H,13-14H2,1-4H3/b18-9+,19-10+. The van der Waals surface area contributed by atoms with Crippen LogP contribution in [0.3, 0.4) is 0 Å². The Morgan fingerprint density at radius 3 is 1.63 bits per heavy atom. The van der Waals surface area contributed by atoms with Gasteiger partial charge >= 0.3 is 0 Å². The van der Waals surface area contributed by atoms with Gasteiger partial charge in [-0.15, -0.1) is 0 Å². The monoisotopic (exact) mass is 409 g/mol. The average molecular weight is 409 g/mol. The van der Waals surface area contributed by atoms with Crippen molar-refractivity contribution in [3.8, 4) is 23.0 Å². The van der Waals surface area contributed by atoms with Crippen LogP contribution in [0.1, 0.15) is 25.0 Å². The third-order valence-electron chi connectivity index (χ3n) is 5.15. The van der Waals surface area contributed by atoms with Crippen LogP contribution in [0, 0.1) is 0 Å². The van der Waals surface area contributed by atoms with E-state index in [1.165, 1.54) is 14.2 Å². The van der Waals surface area contributed by atoms with E-state index in [1.54, 1.807) is 48.6 Å². The number of ketones is 1. The predicted molar refractivity (Wildman–Crippen MR) is 117 cm³/mol. The molecule has 1 aliphatic heterocycles. The van der Waals surface area contributed by atoms with E-state index in [0.29, 0.717) is 35.7 Å². The second-order valence-corrected chi connectivity index (χ2v) is 7.53. The van der Waals surface area contributed by atoms with Crippen LogP contribution in [0.5, 0.6) is 23.0 Å². The molecule has 6 heteroatoms. The maximum atomic E-state index is 13.2. The van der Waals surface area contributed by atoms with Crippen molar-refractivity contribution in [2.24, 2.45) is 0 Å². The van der Waals surface area contributed by atoms with E-state index in [4.69, 9.17) is 9.47 Å². The highest BCUT2D eigenvalue weighted by molar-refractivity contribution is 6.14. The lowest BCUT2D eigenvalue weighted by Crippen LogP contribution is -2.41. The van der Waals surface area contributed by atoms with Gasteiger partial charge in [-0.1, -0.05) is 12.1 Å². The van der Waals surface area contributed by atoms with Crippen molar-refractivity contribution in [2.75, 3.05) is 27.3 Å². The molecule has 1 saturated heterocycles. The molecule has 0 radical (unpaired) electrons. The molecule has 2 aromatic carbocycles. The Kier molecular flexibility index (Phi) is 6.47. The van der Waals surface area contributed by atoms with E-state index >= 15 is 0 Å². The zero-order valence-electron chi connectivity index (χ0n) is 17.7. The molecule has 1 heterocycles. The molecule has 0 saturated carbocycles. The second kappa shape index (κ2) is 9.05. The number of benzene rings is 2. The summed E-state index contributed by atoms with van der Waals surface area (Å²) < 4.78 is 10.2. The third kappa shape index (κ3) is 4.66. The summed E-state index contributed by atoms with van der Waals surface area (Å²) in [5.41, 5.74) is 2.74. The molecular weight excluding hydrogens is 382 g/mol. The molecule has 158 valence electrons. The molecule has 6 nitrogen and oxygen atoms in total. The van der Waals surface area contributed by atoms with Gasteiger partial charge in [-0.3, -0.25) is 9.69 Å². The molecule has 0 spiro atoms. The number of carbonyl (C=O) groups is 1. The summed E-state index contributed by atoms with van der Waals surface area (Å²) in [6, 6.07) is 10.4. The van der Waals surface area contributed by atoms with E-state index in [0.717, 1.165) is 11.1 Å². The third-order valence-corrected chi connectivity index (χ3v) is 5.15. The maximum Gasteiger partial charge on any atom is 0.187 e. The molecule has 1 fully saturated rings. The zero-order chi connectivity index (χ0) is 21.8. The first kappa shape index (κ1) is 21.5. The van der Waals surface area contributed by atoms with Gasteiger partial charge in [-0.25, -0.2) is 0 Å². The SMILES string of the molecule is COc1ccc(/C=C2\CN(C(C)C)C/C(=C\c3ccc(OC)c(O)c3)C2=O)cc1O. The number of hydrogen-bond acceptors (Lipinski definition) is 6. The summed E-state index contributed by atoms with van der Waals surface area (Å²) in [5, 5.41) is 20.1. The molecule has 3 rings (SSSR count). The number of piperidine rings is 1. The van der Waals surface area contributed by atoms with Crippen molar-refractivity contribution in [1.82, 2.24) is 4.90 Å². The van der Waals surface area contributed by atoms with Crippen molar-refractivity contribution >= 4 is 17.9 Å². The smallest absolute Gasteiger partial charge is 0.187 e. The maximum absolute atomic E-state index is 13.2. The largest absolute Gasteiger partial charge is 0.504 e. The molecule has 2 aromatic rings. The Bertz CT molecular complexity index is 931. The number of phenols is 2. The highest BCUT2D eigenvalue weighted by atomic mass is 16.5. The van der Waals surface area contributed by atoms with Crippen molar-refractivity contribution in [2.45, 2.75) is 19.9 Å². The van der Waals surface area contributed by atoms with Crippen LogP contribution in [-0.4, -0.2) is 54.2 Å². The molecular formula is C24H27NO5. The molecule has 30 heavy (non-hydrogen) atoms. The van der Waals surface area contributed by atoms with Crippen molar-refractivity contribution in [3.63, 3.8) is 0 Å². The highest BCUT2D eigenvalue weighted by Crippen LogP contribution is 2.30. The molecule has 0 unspecified atom stereocenters. The Hall–Kier alpha value is -3.25. The van der Waals surface area contributed by atoms with Crippen LogP contribution >= 0.6 is 0 Å². The first-order chi connectivity index (χ1) is 14.3. The summed E-state index contributed by atoms with van der Waals surface area (Å²) >= 11 is 0. The lowest BCUT2D eigenvalue weighted by Gasteiger charge is -2.32. The van der Waals surface area contributed by atoms with Gasteiger partial charge < -0.3 is 19.7 Å². The minimum atomic E-state index is -0.0440. The minimum Gasteiger partial charge on any atom is -0.504 e. The molecule has 0 aromatic heterocycles. The van der Waals surface area contributed by atoms with Gasteiger partial charge in [0.1, 0.15) is 0 Å². The fourth-order valence-corrected chi connectivity index (χ4v) is 3.43.